The van der Waals surface area contributed by atoms with Gasteiger partial charge >= 0.3 is 12.1 Å². The van der Waals surface area contributed by atoms with Gasteiger partial charge in [-0.1, -0.05) is 34.8 Å². The number of rotatable bonds is 4. The zero-order valence-corrected chi connectivity index (χ0v) is 14.3. The van der Waals surface area contributed by atoms with Gasteiger partial charge in [0.1, 0.15) is 0 Å². The first-order valence-electron chi connectivity index (χ1n) is 7.56. The lowest BCUT2D eigenvalue weighted by Gasteiger charge is -2.29. The molecule has 24 heavy (non-hydrogen) atoms. The molecule has 1 amide bonds. The quantitative estimate of drug-likeness (QED) is 0.756. The van der Waals surface area contributed by atoms with Gasteiger partial charge in [-0.15, -0.1) is 0 Å². The summed E-state index contributed by atoms with van der Waals surface area (Å²) in [6, 6.07) is 6.95. The number of hydrogen-bond acceptors (Lipinski definition) is 3. The molecule has 1 aliphatic rings. The molecule has 132 valence electrons. The Hall–Kier alpha value is -1.57. The third kappa shape index (κ3) is 5.51. The highest BCUT2D eigenvalue weighted by Gasteiger charge is 2.38. The second-order valence-corrected chi connectivity index (χ2v) is 6.64. The Kier molecular flexibility index (Phi) is 6.26. The summed E-state index contributed by atoms with van der Waals surface area (Å²) in [6.07, 6.45) is -2.33. The van der Waals surface area contributed by atoms with Crippen molar-refractivity contribution >= 4 is 33.5 Å². The van der Waals surface area contributed by atoms with Crippen molar-refractivity contribution in [3.63, 3.8) is 0 Å². The van der Waals surface area contributed by atoms with Gasteiger partial charge in [0.15, 0.2) is 6.61 Å². The largest absolute Gasteiger partial charge is 0.456 e. The molecular formula is C16H17BrF3NO3. The summed E-state index contributed by atoms with van der Waals surface area (Å²) < 4.78 is 41.7. The molecule has 0 bridgehead atoms. The minimum atomic E-state index is -4.57. The van der Waals surface area contributed by atoms with E-state index in [2.05, 4.69) is 26.0 Å². The zero-order valence-electron chi connectivity index (χ0n) is 12.7. The van der Waals surface area contributed by atoms with Crippen molar-refractivity contribution in [2.75, 3.05) is 11.9 Å². The van der Waals surface area contributed by atoms with Crippen LogP contribution in [-0.2, 0) is 14.3 Å². The molecule has 2 rings (SSSR count). The van der Waals surface area contributed by atoms with Crippen molar-refractivity contribution in [1.82, 2.24) is 0 Å². The maximum absolute atomic E-state index is 12.4. The lowest BCUT2D eigenvalue weighted by atomic mass is 9.78. The molecule has 0 saturated heterocycles. The molecular weight excluding hydrogens is 391 g/mol. The summed E-state index contributed by atoms with van der Waals surface area (Å²) in [5.74, 6) is -2.85. The lowest BCUT2D eigenvalue weighted by Crippen LogP contribution is -2.38. The number of alkyl halides is 3. The van der Waals surface area contributed by atoms with Crippen LogP contribution in [0.1, 0.15) is 25.7 Å². The first-order valence-corrected chi connectivity index (χ1v) is 8.35. The topological polar surface area (TPSA) is 55.4 Å². The van der Waals surface area contributed by atoms with Crippen LogP contribution in [0.3, 0.4) is 0 Å². The number of hydrogen-bond donors (Lipinski definition) is 1. The number of esters is 1. The first kappa shape index (κ1) is 18.8. The average Bonchev–Trinajstić information content (AvgIpc) is 2.52. The van der Waals surface area contributed by atoms with Gasteiger partial charge in [-0.3, -0.25) is 9.59 Å². The molecule has 1 aromatic carbocycles. The molecule has 1 fully saturated rings. The highest BCUT2D eigenvalue weighted by Crippen LogP contribution is 2.32. The van der Waals surface area contributed by atoms with E-state index in [0.29, 0.717) is 24.9 Å². The van der Waals surface area contributed by atoms with Gasteiger partial charge in [0.25, 0.3) is 0 Å². The number of carbonyl (C=O) groups excluding carboxylic acids is 2. The van der Waals surface area contributed by atoms with E-state index in [0.717, 1.165) is 10.9 Å². The van der Waals surface area contributed by atoms with Crippen LogP contribution in [0.4, 0.5) is 18.9 Å². The predicted molar refractivity (Wildman–Crippen MR) is 85.2 cm³/mol. The maximum Gasteiger partial charge on any atom is 0.422 e. The summed E-state index contributed by atoms with van der Waals surface area (Å²) in [6.45, 7) is -1.62. The van der Waals surface area contributed by atoms with E-state index in [1.807, 2.05) is 0 Å². The van der Waals surface area contributed by atoms with Crippen LogP contribution < -0.4 is 5.32 Å². The number of ether oxygens (including phenoxy) is 1. The van der Waals surface area contributed by atoms with Crippen molar-refractivity contribution < 1.29 is 27.5 Å². The molecule has 0 aromatic heterocycles. The third-order valence-corrected chi connectivity index (χ3v) is 4.37. The zero-order chi connectivity index (χ0) is 17.7. The molecule has 4 nitrogen and oxygen atoms in total. The van der Waals surface area contributed by atoms with Gasteiger partial charge < -0.3 is 10.1 Å². The fourth-order valence-electron chi connectivity index (χ4n) is 2.79. The number of benzene rings is 1. The molecule has 8 heteroatoms. The van der Waals surface area contributed by atoms with Crippen molar-refractivity contribution in [3.8, 4) is 0 Å². The minimum absolute atomic E-state index is 0.354. The minimum Gasteiger partial charge on any atom is -0.456 e. The fourth-order valence-corrected chi connectivity index (χ4v) is 3.19. The van der Waals surface area contributed by atoms with Crippen LogP contribution in [0.25, 0.3) is 0 Å². The van der Waals surface area contributed by atoms with Gasteiger partial charge in [0.05, 0.1) is 11.8 Å². The molecule has 0 aliphatic heterocycles. The Labute approximate surface area is 145 Å². The molecule has 1 aromatic rings. The predicted octanol–water partition coefficient (Wildman–Crippen LogP) is 4.30. The highest BCUT2D eigenvalue weighted by atomic mass is 79.9. The first-order chi connectivity index (χ1) is 11.3. The van der Waals surface area contributed by atoms with E-state index in [4.69, 9.17) is 0 Å². The van der Waals surface area contributed by atoms with E-state index in [9.17, 15) is 22.8 Å². The summed E-state index contributed by atoms with van der Waals surface area (Å²) in [7, 11) is 0. The van der Waals surface area contributed by atoms with Crippen LogP contribution in [0.2, 0.25) is 0 Å². The van der Waals surface area contributed by atoms with Crippen LogP contribution in [0.5, 0.6) is 0 Å². The molecule has 2 atom stereocenters. The van der Waals surface area contributed by atoms with Gasteiger partial charge in [-0.25, -0.2) is 0 Å². The number of nitrogens with one attached hydrogen (secondary N) is 1. The van der Waals surface area contributed by atoms with Gasteiger partial charge in [-0.2, -0.15) is 13.2 Å². The molecule has 0 heterocycles. The van der Waals surface area contributed by atoms with Crippen LogP contribution in [0, 0.1) is 11.8 Å². The van der Waals surface area contributed by atoms with E-state index in [1.165, 1.54) is 0 Å². The van der Waals surface area contributed by atoms with Gasteiger partial charge in [-0.05, 0) is 31.0 Å². The van der Waals surface area contributed by atoms with E-state index < -0.39 is 30.6 Å². The summed E-state index contributed by atoms with van der Waals surface area (Å²) >= 11 is 3.29. The van der Waals surface area contributed by atoms with Gasteiger partial charge in [0.2, 0.25) is 5.91 Å². The smallest absolute Gasteiger partial charge is 0.422 e. The molecule has 0 spiro atoms. The third-order valence-electron chi connectivity index (χ3n) is 3.88. The number of halogens is 4. The average molecular weight is 408 g/mol. The summed E-state index contributed by atoms with van der Waals surface area (Å²) in [4.78, 5) is 24.4. The number of amides is 1. The molecule has 0 radical (unpaired) electrons. The lowest BCUT2D eigenvalue weighted by molar-refractivity contribution is -0.191. The fraction of sp³-hybridized carbons (Fsp3) is 0.500. The Balaban J connectivity index is 2.02. The van der Waals surface area contributed by atoms with Crippen molar-refractivity contribution in [1.29, 1.82) is 0 Å². The second-order valence-electron chi connectivity index (χ2n) is 5.72. The van der Waals surface area contributed by atoms with Crippen LogP contribution in [0.15, 0.2) is 28.7 Å². The number of anilines is 1. The molecule has 1 saturated carbocycles. The maximum atomic E-state index is 12.4. The standard InChI is InChI=1S/C16H17BrF3NO3/c17-10-4-3-5-11(8-10)21-14(22)12-6-1-2-7-13(12)15(23)24-9-16(18,19)20/h3-5,8,12-13H,1-2,6-7,9H2,(H,21,22)/t12-,13+/m1/s1. The van der Waals surface area contributed by atoms with E-state index in [1.54, 1.807) is 24.3 Å². The molecule has 0 unspecified atom stereocenters. The summed E-state index contributed by atoms with van der Waals surface area (Å²) in [5.41, 5.74) is 0.558. The van der Waals surface area contributed by atoms with Crippen molar-refractivity contribution in [2.24, 2.45) is 11.8 Å². The monoisotopic (exact) mass is 407 g/mol. The normalized spacial score (nSPS) is 21.2. The van der Waals surface area contributed by atoms with Crippen molar-refractivity contribution in [3.05, 3.63) is 28.7 Å². The van der Waals surface area contributed by atoms with Gasteiger partial charge in [0, 0.05) is 10.2 Å². The van der Waals surface area contributed by atoms with E-state index >= 15 is 0 Å². The Morgan fingerprint density at radius 3 is 2.50 bits per heavy atom. The molecule has 1 N–H and O–H groups in total. The van der Waals surface area contributed by atoms with E-state index in [-0.39, 0.29) is 5.91 Å². The Bertz CT molecular complexity index is 606. The number of carbonyl (C=O) groups is 2. The van der Waals surface area contributed by atoms with Crippen LogP contribution in [-0.4, -0.2) is 24.7 Å². The molecule has 1 aliphatic carbocycles. The highest BCUT2D eigenvalue weighted by molar-refractivity contribution is 9.10. The summed E-state index contributed by atoms with van der Waals surface area (Å²) in [5, 5.41) is 2.71. The Morgan fingerprint density at radius 1 is 1.21 bits per heavy atom. The second kappa shape index (κ2) is 8.00. The SMILES string of the molecule is O=C(OCC(F)(F)F)[C@H]1CCCC[C@H]1C(=O)Nc1cccc(Br)c1. The van der Waals surface area contributed by atoms with Crippen LogP contribution >= 0.6 is 15.9 Å². The Morgan fingerprint density at radius 2 is 1.88 bits per heavy atom. The van der Waals surface area contributed by atoms with Crippen molar-refractivity contribution in [2.45, 2.75) is 31.9 Å².